The number of allylic oxidation sites excluding steroid dienone is 5. The molecule has 0 saturated carbocycles. The first-order valence-corrected chi connectivity index (χ1v) is 11.3. The quantitative estimate of drug-likeness (QED) is 0.740. The highest BCUT2D eigenvalue weighted by molar-refractivity contribution is 6.98. The lowest BCUT2D eigenvalue weighted by Gasteiger charge is -2.43. The van der Waals surface area contributed by atoms with Crippen molar-refractivity contribution >= 4 is 30.3 Å². The predicted octanol–water partition coefficient (Wildman–Crippen LogP) is 4.77. The molecule has 0 amide bonds. The zero-order valence-corrected chi connectivity index (χ0v) is 17.1. The third-order valence-electron chi connectivity index (χ3n) is 5.43. The van der Waals surface area contributed by atoms with Gasteiger partial charge in [-0.1, -0.05) is 105 Å². The summed E-state index contributed by atoms with van der Waals surface area (Å²) in [5.41, 5.74) is 0.930. The Morgan fingerprint density at radius 2 is 1.50 bits per heavy atom. The van der Waals surface area contributed by atoms with Gasteiger partial charge >= 0.3 is 0 Å². The van der Waals surface area contributed by atoms with Gasteiger partial charge in [0, 0.05) is 11.0 Å². The summed E-state index contributed by atoms with van der Waals surface area (Å²) in [5.74, 6) is 0.133. The molecule has 0 heterocycles. The molecule has 0 radical (unpaired) electrons. The summed E-state index contributed by atoms with van der Waals surface area (Å²) < 4.78 is 0. The van der Waals surface area contributed by atoms with Crippen LogP contribution < -0.4 is 10.4 Å². The Labute approximate surface area is 162 Å². The summed E-state index contributed by atoms with van der Waals surface area (Å²) in [6.45, 7) is 8.52. The lowest BCUT2D eigenvalue weighted by Crippen LogP contribution is -2.65. The minimum atomic E-state index is -3.00. The van der Waals surface area contributed by atoms with Crippen molar-refractivity contribution < 1.29 is 4.80 Å². The second-order valence-corrected chi connectivity index (χ2v) is 11.9. The lowest BCUT2D eigenvalue weighted by molar-refractivity contribution is 0.442. The molecule has 0 saturated heterocycles. The van der Waals surface area contributed by atoms with E-state index in [-0.39, 0.29) is 11.0 Å². The first kappa shape index (κ1) is 18.9. The van der Waals surface area contributed by atoms with Crippen LogP contribution in [0, 0.1) is 5.92 Å². The highest BCUT2D eigenvalue weighted by atomic mass is 35.5. The molecule has 3 rings (SSSR count). The van der Waals surface area contributed by atoms with Crippen molar-refractivity contribution in [1.29, 1.82) is 0 Å². The van der Waals surface area contributed by atoms with Crippen molar-refractivity contribution in [2.45, 2.75) is 25.3 Å². The maximum atomic E-state index is 12.2. The van der Waals surface area contributed by atoms with Gasteiger partial charge in [0.05, 0.1) is 0 Å². The smallest absolute Gasteiger partial charge is 0.258 e. The Hall–Kier alpha value is -1.87. The van der Waals surface area contributed by atoms with E-state index in [1.807, 2.05) is 48.6 Å². The van der Waals surface area contributed by atoms with Gasteiger partial charge in [0.2, 0.25) is 0 Å². The predicted molar refractivity (Wildman–Crippen MR) is 114 cm³/mol. The summed E-state index contributed by atoms with van der Waals surface area (Å²) in [6.07, 6.45) is 6.80. The van der Waals surface area contributed by atoms with Crippen LogP contribution >= 0.6 is 11.6 Å². The summed E-state index contributed by atoms with van der Waals surface area (Å²) in [5, 5.41) is 2.45. The van der Waals surface area contributed by atoms with Gasteiger partial charge in [-0.15, -0.1) is 0 Å². The topological polar surface area (TPSA) is 20.2 Å². The summed E-state index contributed by atoms with van der Waals surface area (Å²) >= 11 is 6.30. The summed E-state index contributed by atoms with van der Waals surface area (Å²) in [7, 11) is -3.00. The van der Waals surface area contributed by atoms with E-state index in [0.717, 1.165) is 22.4 Å². The van der Waals surface area contributed by atoms with Crippen LogP contribution in [0.15, 0.2) is 96.1 Å². The zero-order chi connectivity index (χ0) is 18.8. The number of rotatable bonds is 5. The summed E-state index contributed by atoms with van der Waals surface area (Å²) in [6, 6.07) is 20.2. The van der Waals surface area contributed by atoms with Crippen molar-refractivity contribution in [2.24, 2.45) is 5.92 Å². The van der Waals surface area contributed by atoms with E-state index in [1.165, 1.54) is 0 Å². The molecule has 26 heavy (non-hydrogen) atoms. The molecule has 3 heteroatoms. The SMILES string of the molecule is C=C1C(Cl)=CC=C[C@@H]1CC(C)(C)[Si](O)(c1ccccc1)c1ccccc1. The van der Waals surface area contributed by atoms with Crippen LogP contribution in [0.4, 0.5) is 0 Å². The van der Waals surface area contributed by atoms with Crippen LogP contribution in [0.2, 0.25) is 5.04 Å². The number of hydrogen-bond acceptors (Lipinski definition) is 1. The molecule has 134 valence electrons. The molecule has 1 nitrogen and oxygen atoms in total. The molecule has 1 N–H and O–H groups in total. The standard InChI is InChI=1S/C23H25ClOSi/c1-18-19(11-10-16-22(18)24)17-23(2,3)26(25,20-12-6-4-7-13-20)21-14-8-5-9-15-21/h4-16,19,25H,1,17H2,2-3H3/t19-/m1/s1. The highest BCUT2D eigenvalue weighted by Crippen LogP contribution is 2.45. The van der Waals surface area contributed by atoms with Gasteiger partial charge in [-0.25, -0.2) is 0 Å². The molecule has 0 aromatic heterocycles. The van der Waals surface area contributed by atoms with Crippen molar-refractivity contribution in [3.63, 3.8) is 0 Å². The van der Waals surface area contributed by atoms with Crippen LogP contribution in [0.1, 0.15) is 20.3 Å². The van der Waals surface area contributed by atoms with Gasteiger partial charge < -0.3 is 4.80 Å². The van der Waals surface area contributed by atoms with Gasteiger partial charge in [-0.05, 0) is 33.5 Å². The first-order chi connectivity index (χ1) is 12.4. The Morgan fingerprint density at radius 1 is 1.00 bits per heavy atom. The maximum Gasteiger partial charge on any atom is 0.258 e. The first-order valence-electron chi connectivity index (χ1n) is 8.93. The average Bonchev–Trinajstić information content (AvgIpc) is 2.66. The average molecular weight is 381 g/mol. The Balaban J connectivity index is 2.05. The van der Waals surface area contributed by atoms with E-state index in [1.54, 1.807) is 0 Å². The monoisotopic (exact) mass is 380 g/mol. The van der Waals surface area contributed by atoms with E-state index in [9.17, 15) is 4.80 Å². The zero-order valence-electron chi connectivity index (χ0n) is 15.3. The Bertz CT molecular complexity index is 798. The second kappa shape index (κ2) is 7.40. The largest absolute Gasteiger partial charge is 0.424 e. The van der Waals surface area contributed by atoms with Gasteiger partial charge in [0.25, 0.3) is 8.32 Å². The van der Waals surface area contributed by atoms with E-state index in [2.05, 4.69) is 50.8 Å². The van der Waals surface area contributed by atoms with Crippen molar-refractivity contribution in [3.05, 3.63) is 96.1 Å². The minimum absolute atomic E-state index is 0.133. The van der Waals surface area contributed by atoms with Gasteiger partial charge in [0.1, 0.15) is 0 Å². The number of hydrogen-bond donors (Lipinski definition) is 1. The van der Waals surface area contributed by atoms with Gasteiger partial charge in [-0.3, -0.25) is 0 Å². The Morgan fingerprint density at radius 3 is 2.00 bits per heavy atom. The third kappa shape index (κ3) is 3.37. The third-order valence-corrected chi connectivity index (χ3v) is 10.3. The fourth-order valence-corrected chi connectivity index (χ4v) is 7.84. The fourth-order valence-electron chi connectivity index (χ4n) is 3.87. The molecule has 1 aliphatic carbocycles. The molecule has 1 atom stereocenters. The number of benzene rings is 2. The molecular formula is C23H25ClOSi. The van der Waals surface area contributed by atoms with E-state index in [4.69, 9.17) is 11.6 Å². The van der Waals surface area contributed by atoms with Crippen molar-refractivity contribution in [1.82, 2.24) is 0 Å². The molecule has 2 aromatic rings. The normalized spacial score (nSPS) is 17.9. The second-order valence-electron chi connectivity index (χ2n) is 7.56. The molecule has 1 aliphatic rings. The summed E-state index contributed by atoms with van der Waals surface area (Å²) in [4.78, 5) is 12.2. The van der Waals surface area contributed by atoms with Crippen LogP contribution in [-0.2, 0) is 0 Å². The highest BCUT2D eigenvalue weighted by Gasteiger charge is 2.50. The van der Waals surface area contributed by atoms with Crippen molar-refractivity contribution in [3.8, 4) is 0 Å². The Kier molecular flexibility index (Phi) is 5.38. The lowest BCUT2D eigenvalue weighted by atomic mass is 9.87. The van der Waals surface area contributed by atoms with E-state index < -0.39 is 8.32 Å². The molecule has 0 aliphatic heterocycles. The molecule has 0 fully saturated rings. The molecule has 0 spiro atoms. The molecular weight excluding hydrogens is 356 g/mol. The fraction of sp³-hybridized carbons (Fsp3) is 0.217. The van der Waals surface area contributed by atoms with E-state index in [0.29, 0.717) is 5.03 Å². The maximum absolute atomic E-state index is 12.2. The van der Waals surface area contributed by atoms with Crippen LogP contribution in [0.25, 0.3) is 0 Å². The minimum Gasteiger partial charge on any atom is -0.424 e. The van der Waals surface area contributed by atoms with Gasteiger partial charge in [0.15, 0.2) is 0 Å². The molecule has 0 bridgehead atoms. The molecule has 0 unspecified atom stereocenters. The number of halogens is 1. The van der Waals surface area contributed by atoms with Crippen LogP contribution in [0.5, 0.6) is 0 Å². The van der Waals surface area contributed by atoms with Crippen LogP contribution in [-0.4, -0.2) is 13.1 Å². The van der Waals surface area contributed by atoms with Crippen molar-refractivity contribution in [2.75, 3.05) is 0 Å². The van der Waals surface area contributed by atoms with E-state index >= 15 is 0 Å². The van der Waals surface area contributed by atoms with Gasteiger partial charge in [-0.2, -0.15) is 0 Å². The van der Waals surface area contributed by atoms with Crippen LogP contribution in [0.3, 0.4) is 0 Å². The molecule has 2 aromatic carbocycles.